The Hall–Kier alpha value is -0.830. The van der Waals surface area contributed by atoms with Crippen LogP contribution in [0.15, 0.2) is 6.20 Å². The zero-order chi connectivity index (χ0) is 10.1. The standard InChI is InChI=1S/C10H14ClN3/c1-7-8(2)13-10(5-12-7)14-4-3-9(11)6-14/h5,9H,3-4,6H2,1-2H3. The summed E-state index contributed by atoms with van der Waals surface area (Å²) in [5.74, 6) is 0.955. The topological polar surface area (TPSA) is 29.0 Å². The molecule has 1 aromatic rings. The van der Waals surface area contributed by atoms with Crippen molar-refractivity contribution >= 4 is 17.4 Å². The lowest BCUT2D eigenvalue weighted by atomic mass is 10.3. The van der Waals surface area contributed by atoms with Gasteiger partial charge < -0.3 is 4.90 Å². The highest BCUT2D eigenvalue weighted by atomic mass is 35.5. The van der Waals surface area contributed by atoms with E-state index in [-0.39, 0.29) is 5.38 Å². The molecule has 0 saturated carbocycles. The van der Waals surface area contributed by atoms with Crippen molar-refractivity contribution in [2.24, 2.45) is 0 Å². The van der Waals surface area contributed by atoms with Gasteiger partial charge in [-0.3, -0.25) is 4.98 Å². The zero-order valence-corrected chi connectivity index (χ0v) is 9.25. The summed E-state index contributed by atoms with van der Waals surface area (Å²) < 4.78 is 0. The molecule has 0 aliphatic carbocycles. The molecular weight excluding hydrogens is 198 g/mol. The van der Waals surface area contributed by atoms with Gasteiger partial charge in [0.25, 0.3) is 0 Å². The maximum Gasteiger partial charge on any atom is 0.147 e. The molecule has 2 rings (SSSR count). The van der Waals surface area contributed by atoms with E-state index >= 15 is 0 Å². The first-order chi connectivity index (χ1) is 6.66. The van der Waals surface area contributed by atoms with Crippen LogP contribution in [0.25, 0.3) is 0 Å². The van der Waals surface area contributed by atoms with Gasteiger partial charge >= 0.3 is 0 Å². The van der Waals surface area contributed by atoms with E-state index < -0.39 is 0 Å². The Bertz CT molecular complexity index is 340. The third kappa shape index (κ3) is 1.82. The molecule has 4 heteroatoms. The van der Waals surface area contributed by atoms with Gasteiger partial charge in [0, 0.05) is 13.1 Å². The van der Waals surface area contributed by atoms with Crippen molar-refractivity contribution in [1.82, 2.24) is 9.97 Å². The van der Waals surface area contributed by atoms with Gasteiger partial charge in [-0.15, -0.1) is 11.6 Å². The minimum absolute atomic E-state index is 0.262. The zero-order valence-electron chi connectivity index (χ0n) is 8.50. The maximum atomic E-state index is 6.04. The van der Waals surface area contributed by atoms with Crippen molar-refractivity contribution < 1.29 is 0 Å². The predicted molar refractivity (Wildman–Crippen MR) is 58.0 cm³/mol. The fourth-order valence-electron chi connectivity index (χ4n) is 1.61. The number of aromatic nitrogens is 2. The summed E-state index contributed by atoms with van der Waals surface area (Å²) in [6.45, 7) is 5.84. The van der Waals surface area contributed by atoms with Crippen LogP contribution in [-0.2, 0) is 0 Å². The van der Waals surface area contributed by atoms with E-state index in [4.69, 9.17) is 11.6 Å². The molecule has 1 saturated heterocycles. The summed E-state index contributed by atoms with van der Waals surface area (Å²) in [5.41, 5.74) is 2.00. The second-order valence-electron chi connectivity index (χ2n) is 3.73. The Kier molecular flexibility index (Phi) is 2.59. The SMILES string of the molecule is Cc1ncc(N2CCC(Cl)C2)nc1C. The predicted octanol–water partition coefficient (Wildman–Crippen LogP) is 1.91. The molecule has 0 aromatic carbocycles. The van der Waals surface area contributed by atoms with Gasteiger partial charge in [0.15, 0.2) is 0 Å². The molecule has 1 aromatic heterocycles. The number of nitrogens with zero attached hydrogens (tertiary/aromatic N) is 3. The highest BCUT2D eigenvalue weighted by molar-refractivity contribution is 6.21. The van der Waals surface area contributed by atoms with Crippen molar-refractivity contribution in [3.8, 4) is 0 Å². The van der Waals surface area contributed by atoms with Crippen LogP contribution in [-0.4, -0.2) is 28.4 Å². The summed E-state index contributed by atoms with van der Waals surface area (Å²) in [6.07, 6.45) is 2.87. The fourth-order valence-corrected chi connectivity index (χ4v) is 1.87. The van der Waals surface area contributed by atoms with Crippen LogP contribution in [0.4, 0.5) is 5.82 Å². The van der Waals surface area contributed by atoms with Gasteiger partial charge in [0.05, 0.1) is 23.0 Å². The molecule has 3 nitrogen and oxygen atoms in total. The van der Waals surface area contributed by atoms with E-state index in [1.807, 2.05) is 20.0 Å². The highest BCUT2D eigenvalue weighted by Gasteiger charge is 2.21. The first-order valence-corrected chi connectivity index (χ1v) is 5.29. The quantitative estimate of drug-likeness (QED) is 0.665. The van der Waals surface area contributed by atoms with Crippen molar-refractivity contribution in [3.63, 3.8) is 0 Å². The van der Waals surface area contributed by atoms with Crippen molar-refractivity contribution in [2.45, 2.75) is 25.6 Å². The maximum absolute atomic E-state index is 6.04. The van der Waals surface area contributed by atoms with Crippen LogP contribution in [0, 0.1) is 13.8 Å². The third-order valence-corrected chi connectivity index (χ3v) is 2.99. The lowest BCUT2D eigenvalue weighted by Crippen LogP contribution is -2.21. The van der Waals surface area contributed by atoms with Crippen LogP contribution < -0.4 is 4.90 Å². The Labute approximate surface area is 89.1 Å². The molecule has 14 heavy (non-hydrogen) atoms. The van der Waals surface area contributed by atoms with Gasteiger partial charge in [-0.05, 0) is 20.3 Å². The fraction of sp³-hybridized carbons (Fsp3) is 0.600. The smallest absolute Gasteiger partial charge is 0.147 e. The van der Waals surface area contributed by atoms with Crippen LogP contribution in [0.5, 0.6) is 0 Å². The summed E-state index contributed by atoms with van der Waals surface area (Å²) in [6, 6.07) is 0. The van der Waals surface area contributed by atoms with Crippen LogP contribution in [0.2, 0.25) is 0 Å². The lowest BCUT2D eigenvalue weighted by Gasteiger charge is -2.16. The molecule has 1 fully saturated rings. The van der Waals surface area contributed by atoms with Crippen LogP contribution >= 0.6 is 11.6 Å². The molecule has 0 spiro atoms. The first-order valence-electron chi connectivity index (χ1n) is 4.86. The van der Waals surface area contributed by atoms with Crippen molar-refractivity contribution in [1.29, 1.82) is 0 Å². The Morgan fingerprint density at radius 2 is 2.21 bits per heavy atom. The number of halogens is 1. The normalized spacial score (nSPS) is 21.6. The molecule has 1 atom stereocenters. The van der Waals surface area contributed by atoms with E-state index in [1.165, 1.54) is 0 Å². The van der Waals surface area contributed by atoms with E-state index in [0.29, 0.717) is 0 Å². The molecule has 1 aliphatic rings. The van der Waals surface area contributed by atoms with Crippen LogP contribution in [0.3, 0.4) is 0 Å². The lowest BCUT2D eigenvalue weighted by molar-refractivity contribution is 0.906. The number of hydrogen-bond donors (Lipinski definition) is 0. The summed E-state index contributed by atoms with van der Waals surface area (Å²) >= 11 is 6.04. The second-order valence-corrected chi connectivity index (χ2v) is 4.35. The third-order valence-electron chi connectivity index (χ3n) is 2.63. The summed E-state index contributed by atoms with van der Waals surface area (Å²) in [5, 5.41) is 0.262. The molecule has 0 bridgehead atoms. The summed E-state index contributed by atoms with van der Waals surface area (Å²) in [7, 11) is 0. The highest BCUT2D eigenvalue weighted by Crippen LogP contribution is 2.20. The van der Waals surface area contributed by atoms with Crippen molar-refractivity contribution in [3.05, 3.63) is 17.6 Å². The van der Waals surface area contributed by atoms with Crippen LogP contribution in [0.1, 0.15) is 17.8 Å². The number of rotatable bonds is 1. The van der Waals surface area contributed by atoms with Gasteiger partial charge in [0.1, 0.15) is 5.82 Å². The van der Waals surface area contributed by atoms with Gasteiger partial charge in [-0.1, -0.05) is 0 Å². The van der Waals surface area contributed by atoms with Gasteiger partial charge in [-0.2, -0.15) is 0 Å². The van der Waals surface area contributed by atoms with E-state index in [1.54, 1.807) is 0 Å². The van der Waals surface area contributed by atoms with E-state index in [9.17, 15) is 0 Å². The molecule has 0 N–H and O–H groups in total. The molecule has 2 heterocycles. The minimum atomic E-state index is 0.262. The van der Waals surface area contributed by atoms with E-state index in [2.05, 4.69) is 14.9 Å². The number of hydrogen-bond acceptors (Lipinski definition) is 3. The second kappa shape index (κ2) is 3.73. The van der Waals surface area contributed by atoms with E-state index in [0.717, 1.165) is 36.7 Å². The monoisotopic (exact) mass is 211 g/mol. The number of alkyl halides is 1. The Balaban J connectivity index is 2.20. The average Bonchev–Trinajstić information content (AvgIpc) is 2.57. The number of anilines is 1. The Morgan fingerprint density at radius 3 is 2.79 bits per heavy atom. The summed E-state index contributed by atoms with van der Waals surface area (Å²) in [4.78, 5) is 11.0. The average molecular weight is 212 g/mol. The minimum Gasteiger partial charge on any atom is -0.354 e. The Morgan fingerprint density at radius 1 is 1.43 bits per heavy atom. The molecule has 1 unspecified atom stereocenters. The molecule has 0 radical (unpaired) electrons. The molecular formula is C10H14ClN3. The number of aryl methyl sites for hydroxylation is 2. The van der Waals surface area contributed by atoms with Crippen molar-refractivity contribution in [2.75, 3.05) is 18.0 Å². The van der Waals surface area contributed by atoms with Gasteiger partial charge in [-0.25, -0.2) is 4.98 Å². The largest absolute Gasteiger partial charge is 0.354 e. The first kappa shape index (κ1) is 9.71. The molecule has 76 valence electrons. The van der Waals surface area contributed by atoms with Gasteiger partial charge in [0.2, 0.25) is 0 Å². The molecule has 1 aliphatic heterocycles. The molecule has 0 amide bonds.